The molecule has 0 fully saturated rings. The van der Waals surface area contributed by atoms with Crippen LogP contribution in [-0.4, -0.2) is 13.2 Å². The SMILES string of the molecule is CCOc1ccc(OCCCCC(C)C)c(F)c1F. The number of hydrogen-bond donors (Lipinski definition) is 0. The minimum Gasteiger partial charge on any atom is -0.491 e. The Morgan fingerprint density at radius 3 is 2.11 bits per heavy atom. The molecule has 0 atom stereocenters. The maximum atomic E-state index is 13.6. The van der Waals surface area contributed by atoms with Gasteiger partial charge in [0.1, 0.15) is 0 Å². The molecule has 0 heterocycles. The van der Waals surface area contributed by atoms with E-state index in [9.17, 15) is 8.78 Å². The van der Waals surface area contributed by atoms with Crippen LogP contribution in [-0.2, 0) is 0 Å². The Morgan fingerprint density at radius 1 is 1.00 bits per heavy atom. The summed E-state index contributed by atoms with van der Waals surface area (Å²) in [5.41, 5.74) is 0. The molecule has 0 aliphatic carbocycles. The average molecular weight is 272 g/mol. The van der Waals surface area contributed by atoms with E-state index < -0.39 is 11.6 Å². The van der Waals surface area contributed by atoms with E-state index in [-0.39, 0.29) is 11.5 Å². The molecule has 108 valence electrons. The van der Waals surface area contributed by atoms with E-state index in [1.54, 1.807) is 6.92 Å². The summed E-state index contributed by atoms with van der Waals surface area (Å²) >= 11 is 0. The van der Waals surface area contributed by atoms with Gasteiger partial charge in [-0.05, 0) is 37.8 Å². The second kappa shape index (κ2) is 7.97. The van der Waals surface area contributed by atoms with Gasteiger partial charge in [-0.25, -0.2) is 0 Å². The van der Waals surface area contributed by atoms with E-state index in [2.05, 4.69) is 13.8 Å². The van der Waals surface area contributed by atoms with Crippen molar-refractivity contribution in [3.05, 3.63) is 23.8 Å². The standard InChI is InChI=1S/C15H22F2O2/c1-4-18-12-8-9-13(15(17)14(12)16)19-10-6-5-7-11(2)3/h8-9,11H,4-7,10H2,1-3H3. The van der Waals surface area contributed by atoms with Gasteiger partial charge in [-0.15, -0.1) is 0 Å². The first-order chi connectivity index (χ1) is 9.06. The van der Waals surface area contributed by atoms with Gasteiger partial charge in [-0.2, -0.15) is 8.78 Å². The maximum absolute atomic E-state index is 13.6. The maximum Gasteiger partial charge on any atom is 0.204 e. The monoisotopic (exact) mass is 272 g/mol. The van der Waals surface area contributed by atoms with Crippen LogP contribution in [0.5, 0.6) is 11.5 Å². The molecule has 1 aromatic rings. The lowest BCUT2D eigenvalue weighted by atomic mass is 10.1. The van der Waals surface area contributed by atoms with E-state index in [0.29, 0.717) is 19.1 Å². The predicted octanol–water partition coefficient (Wildman–Crippen LogP) is 4.57. The molecule has 0 spiro atoms. The third kappa shape index (κ3) is 5.05. The molecule has 0 saturated carbocycles. The van der Waals surface area contributed by atoms with Crippen molar-refractivity contribution in [3.63, 3.8) is 0 Å². The number of ether oxygens (including phenoxy) is 2. The number of hydrogen-bond acceptors (Lipinski definition) is 2. The van der Waals surface area contributed by atoms with Crippen LogP contribution < -0.4 is 9.47 Å². The van der Waals surface area contributed by atoms with Crippen LogP contribution in [0.15, 0.2) is 12.1 Å². The van der Waals surface area contributed by atoms with Gasteiger partial charge in [-0.3, -0.25) is 0 Å². The summed E-state index contributed by atoms with van der Waals surface area (Å²) < 4.78 is 37.4. The zero-order valence-electron chi connectivity index (χ0n) is 11.8. The molecular formula is C15H22F2O2. The lowest BCUT2D eigenvalue weighted by Gasteiger charge is -2.10. The molecule has 19 heavy (non-hydrogen) atoms. The molecule has 4 heteroatoms. The molecular weight excluding hydrogens is 250 g/mol. The van der Waals surface area contributed by atoms with E-state index >= 15 is 0 Å². The normalized spacial score (nSPS) is 10.8. The van der Waals surface area contributed by atoms with Crippen LogP contribution in [0, 0.1) is 17.6 Å². The highest BCUT2D eigenvalue weighted by Gasteiger charge is 2.15. The zero-order chi connectivity index (χ0) is 14.3. The molecule has 1 aromatic carbocycles. The van der Waals surface area contributed by atoms with Crippen molar-refractivity contribution in [3.8, 4) is 11.5 Å². The molecule has 0 aromatic heterocycles. The van der Waals surface area contributed by atoms with E-state index in [1.807, 2.05) is 0 Å². The van der Waals surface area contributed by atoms with Crippen LogP contribution in [0.3, 0.4) is 0 Å². The Bertz CT molecular complexity index is 392. The summed E-state index contributed by atoms with van der Waals surface area (Å²) in [7, 11) is 0. The fraction of sp³-hybridized carbons (Fsp3) is 0.600. The van der Waals surface area contributed by atoms with Crippen LogP contribution in [0.25, 0.3) is 0 Å². The largest absolute Gasteiger partial charge is 0.491 e. The fourth-order valence-electron chi connectivity index (χ4n) is 1.73. The number of unbranched alkanes of at least 4 members (excludes halogenated alkanes) is 1. The third-order valence-electron chi connectivity index (χ3n) is 2.74. The third-order valence-corrected chi connectivity index (χ3v) is 2.74. The van der Waals surface area contributed by atoms with Crippen molar-refractivity contribution in [1.29, 1.82) is 0 Å². The molecule has 0 aliphatic heterocycles. The first kappa shape index (κ1) is 15.7. The Balaban J connectivity index is 2.48. The van der Waals surface area contributed by atoms with E-state index in [4.69, 9.17) is 9.47 Å². The van der Waals surface area contributed by atoms with Gasteiger partial charge in [0.25, 0.3) is 0 Å². The molecule has 0 unspecified atom stereocenters. The van der Waals surface area contributed by atoms with Crippen LogP contribution in [0.1, 0.15) is 40.0 Å². The first-order valence-electron chi connectivity index (χ1n) is 6.79. The van der Waals surface area contributed by atoms with Crippen LogP contribution >= 0.6 is 0 Å². The first-order valence-corrected chi connectivity index (χ1v) is 6.79. The van der Waals surface area contributed by atoms with Crippen LogP contribution in [0.2, 0.25) is 0 Å². The lowest BCUT2D eigenvalue weighted by Crippen LogP contribution is -2.03. The van der Waals surface area contributed by atoms with Crippen molar-refractivity contribution < 1.29 is 18.3 Å². The van der Waals surface area contributed by atoms with Crippen molar-refractivity contribution in [2.24, 2.45) is 5.92 Å². The summed E-state index contributed by atoms with van der Waals surface area (Å²) in [6.45, 7) is 6.73. The Labute approximate surface area is 113 Å². The van der Waals surface area contributed by atoms with Crippen molar-refractivity contribution in [1.82, 2.24) is 0 Å². The molecule has 0 aliphatic rings. The summed E-state index contributed by atoms with van der Waals surface area (Å²) in [6, 6.07) is 2.80. The molecule has 0 amide bonds. The summed E-state index contributed by atoms with van der Waals surface area (Å²) in [5, 5.41) is 0. The highest BCUT2D eigenvalue weighted by atomic mass is 19.2. The van der Waals surface area contributed by atoms with Gasteiger partial charge in [-0.1, -0.05) is 20.3 Å². The minimum atomic E-state index is -0.985. The van der Waals surface area contributed by atoms with Gasteiger partial charge in [0, 0.05) is 0 Å². The fourth-order valence-corrected chi connectivity index (χ4v) is 1.73. The average Bonchev–Trinajstić information content (AvgIpc) is 2.37. The number of rotatable bonds is 8. The lowest BCUT2D eigenvalue weighted by molar-refractivity contribution is 0.273. The minimum absolute atomic E-state index is 0.0505. The number of halogens is 2. The Hall–Kier alpha value is -1.32. The highest BCUT2D eigenvalue weighted by molar-refractivity contribution is 5.34. The summed E-state index contributed by atoms with van der Waals surface area (Å²) in [5.74, 6) is -1.44. The smallest absolute Gasteiger partial charge is 0.204 e. The topological polar surface area (TPSA) is 18.5 Å². The molecule has 0 N–H and O–H groups in total. The summed E-state index contributed by atoms with van der Waals surface area (Å²) in [6.07, 6.45) is 2.98. The summed E-state index contributed by atoms with van der Waals surface area (Å²) in [4.78, 5) is 0. The Morgan fingerprint density at radius 2 is 1.58 bits per heavy atom. The van der Waals surface area contributed by atoms with Crippen molar-refractivity contribution in [2.75, 3.05) is 13.2 Å². The molecule has 2 nitrogen and oxygen atoms in total. The second-order valence-electron chi connectivity index (χ2n) is 4.86. The number of benzene rings is 1. The van der Waals surface area contributed by atoms with Crippen LogP contribution in [0.4, 0.5) is 8.78 Å². The molecule has 0 bridgehead atoms. The van der Waals surface area contributed by atoms with Gasteiger partial charge in [0.05, 0.1) is 13.2 Å². The predicted molar refractivity (Wildman–Crippen MR) is 71.7 cm³/mol. The quantitative estimate of drug-likeness (QED) is 0.645. The second-order valence-corrected chi connectivity index (χ2v) is 4.86. The molecule has 0 radical (unpaired) electrons. The Kier molecular flexibility index (Phi) is 6.60. The van der Waals surface area contributed by atoms with E-state index in [0.717, 1.165) is 19.3 Å². The van der Waals surface area contributed by atoms with Gasteiger partial charge >= 0.3 is 0 Å². The van der Waals surface area contributed by atoms with Gasteiger partial charge < -0.3 is 9.47 Å². The molecule has 1 rings (SSSR count). The zero-order valence-corrected chi connectivity index (χ0v) is 11.8. The van der Waals surface area contributed by atoms with Gasteiger partial charge in [0.15, 0.2) is 11.5 Å². The van der Waals surface area contributed by atoms with E-state index in [1.165, 1.54) is 12.1 Å². The van der Waals surface area contributed by atoms with Gasteiger partial charge in [0.2, 0.25) is 11.6 Å². The highest BCUT2D eigenvalue weighted by Crippen LogP contribution is 2.27. The van der Waals surface area contributed by atoms with Crippen molar-refractivity contribution in [2.45, 2.75) is 40.0 Å². The van der Waals surface area contributed by atoms with Crippen molar-refractivity contribution >= 4 is 0 Å². The molecule has 0 saturated heterocycles.